The summed E-state index contributed by atoms with van der Waals surface area (Å²) < 4.78 is 5.53. The molecule has 0 aromatic heterocycles. The summed E-state index contributed by atoms with van der Waals surface area (Å²) in [5.41, 5.74) is 0.488. The van der Waals surface area contributed by atoms with E-state index in [1.54, 1.807) is 12.1 Å². The zero-order valence-electron chi connectivity index (χ0n) is 15.7. The van der Waals surface area contributed by atoms with Crippen LogP contribution in [0.25, 0.3) is 0 Å². The lowest BCUT2D eigenvalue weighted by Gasteiger charge is -2.15. The van der Waals surface area contributed by atoms with Crippen molar-refractivity contribution in [1.82, 2.24) is 5.32 Å². The summed E-state index contributed by atoms with van der Waals surface area (Å²) in [6.45, 7) is 5.21. The minimum Gasteiger partial charge on any atom is -0.487 e. The molecule has 0 saturated heterocycles. The molecule has 0 aliphatic carbocycles. The number of nitro benzene ring substituents is 1. The van der Waals surface area contributed by atoms with Gasteiger partial charge in [0.05, 0.1) is 11.5 Å². The molecule has 0 radical (unpaired) electrons. The maximum atomic E-state index is 11.4. The third-order valence-electron chi connectivity index (χ3n) is 4.13. The molecule has 0 spiro atoms. The fourth-order valence-electron chi connectivity index (χ4n) is 2.62. The van der Waals surface area contributed by atoms with E-state index in [0.29, 0.717) is 18.7 Å². The molecule has 0 heterocycles. The van der Waals surface area contributed by atoms with Crippen molar-refractivity contribution in [2.45, 2.75) is 64.8 Å². The van der Waals surface area contributed by atoms with Crippen LogP contribution in [0.2, 0.25) is 0 Å². The normalized spacial score (nSPS) is 11.9. The molecule has 1 unspecified atom stereocenters. The number of benzene rings is 1. The van der Waals surface area contributed by atoms with Crippen molar-refractivity contribution in [2.24, 2.45) is 0 Å². The second kappa shape index (κ2) is 12.2. The van der Waals surface area contributed by atoms with Gasteiger partial charge in [0.25, 0.3) is 0 Å². The van der Waals surface area contributed by atoms with Gasteiger partial charge in [-0.1, -0.05) is 45.6 Å². The molecule has 0 fully saturated rings. The predicted molar refractivity (Wildman–Crippen MR) is 101 cm³/mol. The van der Waals surface area contributed by atoms with Crippen LogP contribution in [-0.2, 0) is 11.2 Å². The number of hydrogen-bond donors (Lipinski definition) is 2. The molecule has 7 nitrogen and oxygen atoms in total. The van der Waals surface area contributed by atoms with Crippen LogP contribution in [0.5, 0.6) is 5.75 Å². The van der Waals surface area contributed by atoms with E-state index in [9.17, 15) is 20.0 Å². The second-order valence-corrected chi connectivity index (χ2v) is 6.37. The van der Waals surface area contributed by atoms with E-state index < -0.39 is 16.9 Å². The van der Waals surface area contributed by atoms with Gasteiger partial charge < -0.3 is 15.2 Å². The number of carboxylic acids is 1. The SMILES string of the molecule is CCCCCNC(Cc1ccc(OCCCCC)c([N+](=O)[O-])c1)C(=O)O. The fourth-order valence-corrected chi connectivity index (χ4v) is 2.62. The number of ether oxygens (including phenoxy) is 1. The molecule has 0 amide bonds. The third-order valence-corrected chi connectivity index (χ3v) is 4.13. The zero-order valence-corrected chi connectivity index (χ0v) is 15.7. The minimum absolute atomic E-state index is 0.117. The number of aliphatic carboxylic acids is 1. The highest BCUT2D eigenvalue weighted by Gasteiger charge is 2.21. The number of nitrogens with zero attached hydrogens (tertiary/aromatic N) is 1. The number of hydrogen-bond acceptors (Lipinski definition) is 5. The molecule has 146 valence electrons. The zero-order chi connectivity index (χ0) is 19.4. The van der Waals surface area contributed by atoms with Gasteiger partial charge in [0.1, 0.15) is 6.04 Å². The van der Waals surface area contributed by atoms with Gasteiger partial charge in [-0.2, -0.15) is 0 Å². The lowest BCUT2D eigenvalue weighted by Crippen LogP contribution is -2.39. The van der Waals surface area contributed by atoms with Crippen molar-refractivity contribution >= 4 is 11.7 Å². The Bertz CT molecular complexity index is 577. The Morgan fingerprint density at radius 2 is 1.92 bits per heavy atom. The van der Waals surface area contributed by atoms with E-state index in [1.807, 2.05) is 0 Å². The number of nitrogens with one attached hydrogen (secondary N) is 1. The smallest absolute Gasteiger partial charge is 0.321 e. The molecule has 2 N–H and O–H groups in total. The lowest BCUT2D eigenvalue weighted by molar-refractivity contribution is -0.385. The Morgan fingerprint density at radius 3 is 2.54 bits per heavy atom. The fraction of sp³-hybridized carbons (Fsp3) is 0.632. The molecule has 1 atom stereocenters. The highest BCUT2D eigenvalue weighted by molar-refractivity contribution is 5.74. The number of unbranched alkanes of at least 4 members (excludes halogenated alkanes) is 4. The number of carbonyl (C=O) groups is 1. The maximum absolute atomic E-state index is 11.4. The lowest BCUT2D eigenvalue weighted by atomic mass is 10.0. The first-order chi connectivity index (χ1) is 12.5. The molecule has 1 aromatic rings. The maximum Gasteiger partial charge on any atom is 0.321 e. The monoisotopic (exact) mass is 366 g/mol. The van der Waals surface area contributed by atoms with Gasteiger partial charge in [-0.25, -0.2) is 0 Å². The van der Waals surface area contributed by atoms with Gasteiger partial charge in [0.15, 0.2) is 5.75 Å². The van der Waals surface area contributed by atoms with E-state index in [4.69, 9.17) is 4.74 Å². The van der Waals surface area contributed by atoms with Gasteiger partial charge in [-0.3, -0.25) is 14.9 Å². The van der Waals surface area contributed by atoms with Crippen LogP contribution in [0.1, 0.15) is 57.9 Å². The summed E-state index contributed by atoms with van der Waals surface area (Å²) in [6.07, 6.45) is 6.10. The van der Waals surface area contributed by atoms with Crippen molar-refractivity contribution in [3.63, 3.8) is 0 Å². The van der Waals surface area contributed by atoms with Crippen LogP contribution >= 0.6 is 0 Å². The first-order valence-electron chi connectivity index (χ1n) is 9.35. The van der Waals surface area contributed by atoms with Crippen LogP contribution in [0.15, 0.2) is 18.2 Å². The van der Waals surface area contributed by atoms with Crippen molar-refractivity contribution in [2.75, 3.05) is 13.2 Å². The summed E-state index contributed by atoms with van der Waals surface area (Å²) in [6, 6.07) is 3.92. The Kier molecular flexibility index (Phi) is 10.3. The molecule has 1 aromatic carbocycles. The van der Waals surface area contributed by atoms with Gasteiger partial charge in [0, 0.05) is 6.07 Å². The van der Waals surface area contributed by atoms with Crippen molar-refractivity contribution in [3.8, 4) is 5.75 Å². The Hall–Kier alpha value is -2.15. The van der Waals surface area contributed by atoms with Gasteiger partial charge in [0.2, 0.25) is 0 Å². The summed E-state index contributed by atoms with van der Waals surface area (Å²) in [5, 5.41) is 23.7. The van der Waals surface area contributed by atoms with Crippen molar-refractivity contribution in [1.29, 1.82) is 0 Å². The molecule has 0 saturated carbocycles. The second-order valence-electron chi connectivity index (χ2n) is 6.37. The summed E-state index contributed by atoms with van der Waals surface area (Å²) in [4.78, 5) is 22.3. The average molecular weight is 366 g/mol. The highest BCUT2D eigenvalue weighted by atomic mass is 16.6. The van der Waals surface area contributed by atoms with Crippen LogP contribution in [-0.4, -0.2) is 35.2 Å². The number of nitro groups is 1. The molecular weight excluding hydrogens is 336 g/mol. The van der Waals surface area contributed by atoms with E-state index in [1.165, 1.54) is 6.07 Å². The van der Waals surface area contributed by atoms with Crippen LogP contribution < -0.4 is 10.1 Å². The van der Waals surface area contributed by atoms with Crippen molar-refractivity contribution in [3.05, 3.63) is 33.9 Å². The van der Waals surface area contributed by atoms with Crippen LogP contribution in [0, 0.1) is 10.1 Å². The summed E-state index contributed by atoms with van der Waals surface area (Å²) >= 11 is 0. The summed E-state index contributed by atoms with van der Waals surface area (Å²) in [7, 11) is 0. The van der Waals surface area contributed by atoms with E-state index in [2.05, 4.69) is 19.2 Å². The topological polar surface area (TPSA) is 102 Å². The average Bonchev–Trinajstić information content (AvgIpc) is 2.61. The molecule has 0 aliphatic rings. The Balaban J connectivity index is 2.76. The predicted octanol–water partition coefficient (Wildman–Crippen LogP) is 3.94. The van der Waals surface area contributed by atoms with Crippen LogP contribution in [0.3, 0.4) is 0 Å². The Morgan fingerprint density at radius 1 is 1.23 bits per heavy atom. The van der Waals surface area contributed by atoms with Gasteiger partial charge in [-0.15, -0.1) is 0 Å². The summed E-state index contributed by atoms with van der Waals surface area (Å²) in [5.74, 6) is -0.721. The molecule has 26 heavy (non-hydrogen) atoms. The van der Waals surface area contributed by atoms with E-state index in [0.717, 1.165) is 38.5 Å². The van der Waals surface area contributed by atoms with Gasteiger partial charge >= 0.3 is 11.7 Å². The highest BCUT2D eigenvalue weighted by Crippen LogP contribution is 2.28. The Labute approximate surface area is 154 Å². The number of rotatable bonds is 14. The molecular formula is C19H30N2O5. The molecule has 0 bridgehead atoms. The van der Waals surface area contributed by atoms with Crippen molar-refractivity contribution < 1.29 is 19.6 Å². The first-order valence-corrected chi connectivity index (χ1v) is 9.35. The largest absolute Gasteiger partial charge is 0.487 e. The number of carboxylic acid groups (broad SMARTS) is 1. The first kappa shape index (κ1) is 21.9. The van der Waals surface area contributed by atoms with E-state index in [-0.39, 0.29) is 17.9 Å². The minimum atomic E-state index is -0.955. The standard InChI is InChI=1S/C19H30N2O5/c1-3-5-7-11-20-16(19(22)23)13-15-9-10-18(17(14-15)21(24)25)26-12-8-6-4-2/h9-10,14,16,20H,3-8,11-13H2,1-2H3,(H,22,23). The quantitative estimate of drug-likeness (QED) is 0.294. The van der Waals surface area contributed by atoms with E-state index >= 15 is 0 Å². The van der Waals surface area contributed by atoms with Crippen LogP contribution in [0.4, 0.5) is 5.69 Å². The third kappa shape index (κ3) is 7.82. The molecule has 7 heteroatoms. The molecule has 1 rings (SSSR count). The molecule has 0 aliphatic heterocycles. The van der Waals surface area contributed by atoms with Gasteiger partial charge in [-0.05, 0) is 37.4 Å².